The average Bonchev–Trinajstić information content (AvgIpc) is 3.22. The lowest BCUT2D eigenvalue weighted by Crippen LogP contribution is -2.60. The minimum Gasteiger partial charge on any atom is -0.508 e. The molecule has 1 aromatic rings. The van der Waals surface area contributed by atoms with Gasteiger partial charge >= 0.3 is 5.97 Å². The maximum absolute atomic E-state index is 13.8. The van der Waals surface area contributed by atoms with Gasteiger partial charge in [0.2, 0.25) is 11.8 Å². The Morgan fingerprint density at radius 2 is 1.75 bits per heavy atom. The number of phenols is 1. The zero-order chi connectivity index (χ0) is 29.1. The van der Waals surface area contributed by atoms with E-state index in [9.17, 15) is 29.1 Å². The summed E-state index contributed by atoms with van der Waals surface area (Å²) in [4.78, 5) is 63.5. The summed E-state index contributed by atoms with van der Waals surface area (Å²) in [6.07, 6.45) is 3.39. The summed E-state index contributed by atoms with van der Waals surface area (Å²) in [5, 5.41) is 18.9. The summed E-state index contributed by atoms with van der Waals surface area (Å²) < 4.78 is 0. The van der Waals surface area contributed by atoms with Crippen molar-refractivity contribution in [2.75, 3.05) is 12.0 Å². The number of hydrogen-bond acceptors (Lipinski definition) is 6. The molecule has 13 heteroatoms. The van der Waals surface area contributed by atoms with Crippen LogP contribution in [0.1, 0.15) is 50.0 Å². The van der Waals surface area contributed by atoms with E-state index >= 15 is 0 Å². The van der Waals surface area contributed by atoms with Crippen molar-refractivity contribution in [2.45, 2.75) is 54.2 Å². The summed E-state index contributed by atoms with van der Waals surface area (Å²) >= 11 is 24.0. The number of carboxylic acid groups (broad SMARTS) is 1. The number of carbonyl (C=O) groups excluding carboxylic acids is 4. The molecule has 0 aromatic heterocycles. The van der Waals surface area contributed by atoms with Crippen LogP contribution in [-0.4, -0.2) is 71.4 Å². The van der Waals surface area contributed by atoms with Crippen molar-refractivity contribution >= 4 is 80.3 Å². The first-order valence-corrected chi connectivity index (χ1v) is 15.2. The summed E-state index contributed by atoms with van der Waals surface area (Å²) in [5.41, 5.74) is 0.854. The predicted molar refractivity (Wildman–Crippen MR) is 149 cm³/mol. The van der Waals surface area contributed by atoms with Crippen molar-refractivity contribution in [1.82, 2.24) is 9.80 Å². The molecular weight excluding hydrogens is 651 g/mol. The molecule has 2 aliphatic carbocycles. The van der Waals surface area contributed by atoms with Crippen LogP contribution < -0.4 is 0 Å². The van der Waals surface area contributed by atoms with Gasteiger partial charge in [-0.05, 0) is 49.3 Å². The van der Waals surface area contributed by atoms with Crippen molar-refractivity contribution in [3.05, 3.63) is 40.4 Å². The standard InChI is InChI=1S/C27H26BrCl3N2O7/c28-12-33-24(39)26(30)11-17-14(21(27(26,31)25(33)40)15-6-5-13(34)10-18(15)29)7-8-16-20(17)23(38)32(22(16)37)9-3-1-2-4-19(35)36/h5-7,10,16-17,20-21,34H,1-4,8-9,11-12H2,(H,35,36)/t16-,17+,20-,21+,26+,27-/m0/s1. The fourth-order valence-corrected chi connectivity index (χ4v) is 8.56. The lowest BCUT2D eigenvalue weighted by Gasteiger charge is -2.51. The Bertz CT molecular complexity index is 1360. The molecule has 0 unspecified atom stereocenters. The first kappa shape index (κ1) is 29.4. The number of unbranched alkanes of at least 4 members (excludes halogenated alkanes) is 2. The van der Waals surface area contributed by atoms with Crippen LogP contribution in [0.2, 0.25) is 5.02 Å². The van der Waals surface area contributed by atoms with E-state index in [2.05, 4.69) is 15.9 Å². The normalized spacial score (nSPS) is 33.1. The smallest absolute Gasteiger partial charge is 0.303 e. The van der Waals surface area contributed by atoms with Gasteiger partial charge in [-0.15, -0.1) is 23.2 Å². The Labute approximate surface area is 253 Å². The fourth-order valence-electron chi connectivity index (χ4n) is 6.86. The summed E-state index contributed by atoms with van der Waals surface area (Å²) in [6, 6.07) is 4.23. The van der Waals surface area contributed by atoms with Gasteiger partial charge in [0.25, 0.3) is 11.8 Å². The Balaban J connectivity index is 1.55. The van der Waals surface area contributed by atoms with E-state index in [-0.39, 0.29) is 53.8 Å². The van der Waals surface area contributed by atoms with E-state index in [1.807, 2.05) is 6.08 Å². The highest BCUT2D eigenvalue weighted by molar-refractivity contribution is 9.09. The highest BCUT2D eigenvalue weighted by Crippen LogP contribution is 2.66. The van der Waals surface area contributed by atoms with Crippen LogP contribution in [-0.2, 0) is 24.0 Å². The molecule has 9 nitrogen and oxygen atoms in total. The van der Waals surface area contributed by atoms with Gasteiger partial charge in [0, 0.05) is 23.9 Å². The van der Waals surface area contributed by atoms with Crippen molar-refractivity contribution in [3.63, 3.8) is 0 Å². The molecule has 2 saturated heterocycles. The number of nitrogens with zero attached hydrogens (tertiary/aromatic N) is 2. The number of allylic oxidation sites excluding steroid dienone is 2. The Morgan fingerprint density at radius 3 is 2.40 bits per heavy atom. The van der Waals surface area contributed by atoms with Gasteiger partial charge in [0.05, 0.1) is 17.3 Å². The van der Waals surface area contributed by atoms with Crippen molar-refractivity contribution < 1.29 is 34.2 Å². The van der Waals surface area contributed by atoms with Gasteiger partial charge in [-0.2, -0.15) is 0 Å². The number of carboxylic acids is 1. The van der Waals surface area contributed by atoms with Crippen molar-refractivity contribution in [1.29, 1.82) is 0 Å². The molecule has 1 aromatic carbocycles. The second-order valence-electron chi connectivity index (χ2n) is 10.7. The first-order chi connectivity index (χ1) is 18.9. The number of benzene rings is 1. The number of imide groups is 2. The molecule has 4 aliphatic rings. The Hall–Kier alpha value is -2.14. The third-order valence-corrected chi connectivity index (χ3v) is 10.9. The maximum Gasteiger partial charge on any atom is 0.303 e. The largest absolute Gasteiger partial charge is 0.508 e. The van der Waals surface area contributed by atoms with Crippen LogP contribution in [0.4, 0.5) is 0 Å². The highest BCUT2D eigenvalue weighted by Gasteiger charge is 2.76. The Kier molecular flexibility index (Phi) is 7.78. The number of aromatic hydroxyl groups is 1. The number of fused-ring (bicyclic) bond motifs is 4. The van der Waals surface area contributed by atoms with Crippen LogP contribution in [0, 0.1) is 17.8 Å². The number of amides is 4. The number of rotatable bonds is 8. The quantitative estimate of drug-likeness (QED) is 0.137. The molecule has 0 spiro atoms. The summed E-state index contributed by atoms with van der Waals surface area (Å²) in [7, 11) is 0. The number of phenolic OH excluding ortho intramolecular Hbond substituents is 1. The molecule has 5 rings (SSSR count). The number of alkyl halides is 3. The van der Waals surface area contributed by atoms with Crippen LogP contribution >= 0.6 is 50.7 Å². The molecule has 2 N–H and O–H groups in total. The SMILES string of the molecule is O=C(O)CCCCCN1C(=O)[C@H]2[C@H](CC=C3[C@H]2C[C@@]2(Cl)C(=O)N(CBr)C(=O)[C@@]2(Cl)[C@H]3c2ccc(O)cc2Cl)C1=O. The Morgan fingerprint density at radius 1 is 1.02 bits per heavy atom. The van der Waals surface area contributed by atoms with Gasteiger partial charge in [0.1, 0.15) is 5.75 Å². The van der Waals surface area contributed by atoms with Crippen LogP contribution in [0.3, 0.4) is 0 Å². The second kappa shape index (κ2) is 10.6. The number of hydrogen-bond donors (Lipinski definition) is 2. The van der Waals surface area contributed by atoms with E-state index < -0.39 is 51.2 Å². The minimum absolute atomic E-state index is 0.0137. The molecule has 3 fully saturated rings. The zero-order valence-corrected chi connectivity index (χ0v) is 25.0. The van der Waals surface area contributed by atoms with Crippen molar-refractivity contribution in [3.8, 4) is 5.75 Å². The number of likely N-dealkylation sites (tertiary alicyclic amines) is 2. The number of carbonyl (C=O) groups is 5. The molecule has 0 bridgehead atoms. The molecule has 2 aliphatic heterocycles. The second-order valence-corrected chi connectivity index (χ2v) is 12.9. The molecule has 2 heterocycles. The molecule has 0 radical (unpaired) electrons. The molecule has 214 valence electrons. The molecular formula is C27H26BrCl3N2O7. The third-order valence-electron chi connectivity index (χ3n) is 8.67. The van der Waals surface area contributed by atoms with Gasteiger partial charge in [-0.1, -0.05) is 51.7 Å². The van der Waals surface area contributed by atoms with E-state index in [1.165, 1.54) is 23.1 Å². The third kappa shape index (κ3) is 4.20. The number of halogens is 4. The molecule has 1 saturated carbocycles. The molecule has 4 amide bonds. The van der Waals surface area contributed by atoms with E-state index in [4.69, 9.17) is 39.9 Å². The fraction of sp³-hybridized carbons (Fsp3) is 0.519. The number of aliphatic carboxylic acids is 1. The lowest BCUT2D eigenvalue weighted by molar-refractivity contribution is -0.141. The summed E-state index contributed by atoms with van der Waals surface area (Å²) in [5.74, 6) is -6.22. The highest BCUT2D eigenvalue weighted by atomic mass is 79.9. The molecule has 40 heavy (non-hydrogen) atoms. The maximum atomic E-state index is 13.8. The van der Waals surface area contributed by atoms with Crippen LogP contribution in [0.5, 0.6) is 5.75 Å². The van der Waals surface area contributed by atoms with Gasteiger partial charge in [0.15, 0.2) is 9.75 Å². The lowest BCUT2D eigenvalue weighted by atomic mass is 9.56. The zero-order valence-electron chi connectivity index (χ0n) is 21.1. The van der Waals surface area contributed by atoms with E-state index in [0.717, 1.165) is 4.90 Å². The van der Waals surface area contributed by atoms with Crippen molar-refractivity contribution in [2.24, 2.45) is 17.8 Å². The minimum atomic E-state index is -1.97. The topological polar surface area (TPSA) is 132 Å². The predicted octanol–water partition coefficient (Wildman–Crippen LogP) is 4.40. The first-order valence-electron chi connectivity index (χ1n) is 12.9. The van der Waals surface area contributed by atoms with Gasteiger partial charge in [-0.25, -0.2) is 0 Å². The van der Waals surface area contributed by atoms with Gasteiger partial charge < -0.3 is 10.2 Å². The van der Waals surface area contributed by atoms with Crippen LogP contribution in [0.15, 0.2) is 29.8 Å². The average molecular weight is 677 g/mol. The monoisotopic (exact) mass is 674 g/mol. The summed E-state index contributed by atoms with van der Waals surface area (Å²) in [6.45, 7) is 0.166. The van der Waals surface area contributed by atoms with Gasteiger partial charge in [-0.3, -0.25) is 33.8 Å². The molecule has 6 atom stereocenters. The van der Waals surface area contributed by atoms with Crippen LogP contribution in [0.25, 0.3) is 0 Å². The van der Waals surface area contributed by atoms with E-state index in [0.29, 0.717) is 30.4 Å². The van der Waals surface area contributed by atoms with E-state index in [1.54, 1.807) is 0 Å².